The van der Waals surface area contributed by atoms with Crippen LogP contribution >= 0.6 is 0 Å². The topological polar surface area (TPSA) is 33.2 Å². The molecule has 0 fully saturated rings. The van der Waals surface area contributed by atoms with Crippen molar-refractivity contribution < 1.29 is 4.79 Å². The number of rotatable bonds is 2. The highest BCUT2D eigenvalue weighted by Gasteiger charge is 2.24. The molecule has 0 unspecified atom stereocenters. The van der Waals surface area contributed by atoms with Gasteiger partial charge in [0.2, 0.25) is 0 Å². The Balaban J connectivity index is 1.68. The number of carbonyl (C=O) groups excluding carboxylic acids is 1. The number of para-hydroxylation sites is 1. The predicted octanol–water partition coefficient (Wildman–Crippen LogP) is 4.65. The van der Waals surface area contributed by atoms with E-state index in [1.165, 1.54) is 5.56 Å². The van der Waals surface area contributed by atoms with E-state index in [1.807, 2.05) is 72.5 Å². The van der Waals surface area contributed by atoms with Crippen molar-refractivity contribution in [2.45, 2.75) is 19.8 Å². The first-order chi connectivity index (χ1) is 12.2. The number of fused-ring (bicyclic) bond motifs is 1. The van der Waals surface area contributed by atoms with E-state index in [1.54, 1.807) is 0 Å². The van der Waals surface area contributed by atoms with Crippen molar-refractivity contribution in [3.05, 3.63) is 83.6 Å². The molecule has 1 aliphatic rings. The minimum Gasteiger partial charge on any atom is -0.308 e. The van der Waals surface area contributed by atoms with Crippen LogP contribution in [0.4, 0.5) is 5.69 Å². The van der Waals surface area contributed by atoms with Crippen LogP contribution < -0.4 is 4.90 Å². The molecule has 3 heteroatoms. The zero-order valence-electron chi connectivity index (χ0n) is 14.3. The maximum atomic E-state index is 13.1. The highest BCUT2D eigenvalue weighted by atomic mass is 16.2. The van der Waals surface area contributed by atoms with Gasteiger partial charge in [-0.3, -0.25) is 9.78 Å². The molecule has 1 aromatic heterocycles. The predicted molar refractivity (Wildman–Crippen MR) is 101 cm³/mol. The highest BCUT2D eigenvalue weighted by molar-refractivity contribution is 6.07. The van der Waals surface area contributed by atoms with Crippen LogP contribution in [0.1, 0.15) is 28.0 Å². The van der Waals surface area contributed by atoms with Crippen LogP contribution in [0.3, 0.4) is 0 Å². The molecule has 3 aromatic rings. The van der Waals surface area contributed by atoms with Gasteiger partial charge in [0.25, 0.3) is 5.91 Å². The van der Waals surface area contributed by atoms with Crippen molar-refractivity contribution in [1.82, 2.24) is 4.98 Å². The summed E-state index contributed by atoms with van der Waals surface area (Å²) in [6.45, 7) is 2.67. The van der Waals surface area contributed by atoms with Crippen molar-refractivity contribution >= 4 is 11.6 Å². The van der Waals surface area contributed by atoms with E-state index < -0.39 is 0 Å². The summed E-state index contributed by atoms with van der Waals surface area (Å²) in [4.78, 5) is 19.7. The molecule has 0 atom stereocenters. The molecular weight excluding hydrogens is 308 g/mol. The Morgan fingerprint density at radius 1 is 0.960 bits per heavy atom. The van der Waals surface area contributed by atoms with Crippen molar-refractivity contribution in [3.8, 4) is 11.3 Å². The molecular formula is C22H20N2O. The maximum absolute atomic E-state index is 13.1. The first-order valence-electron chi connectivity index (χ1n) is 8.67. The third-order valence-electron chi connectivity index (χ3n) is 4.74. The lowest BCUT2D eigenvalue weighted by molar-refractivity contribution is 0.0984. The fourth-order valence-corrected chi connectivity index (χ4v) is 3.45. The van der Waals surface area contributed by atoms with E-state index in [0.29, 0.717) is 5.56 Å². The number of nitrogens with zero attached hydrogens (tertiary/aromatic N) is 2. The molecule has 1 aliphatic heterocycles. The molecule has 25 heavy (non-hydrogen) atoms. The van der Waals surface area contributed by atoms with E-state index in [4.69, 9.17) is 0 Å². The van der Waals surface area contributed by atoms with Crippen LogP contribution in [0, 0.1) is 6.92 Å². The van der Waals surface area contributed by atoms with Gasteiger partial charge in [0.15, 0.2) is 0 Å². The van der Waals surface area contributed by atoms with E-state index in [-0.39, 0.29) is 5.91 Å². The average Bonchev–Trinajstić information content (AvgIpc) is 2.67. The molecule has 0 spiro atoms. The molecule has 0 saturated heterocycles. The quantitative estimate of drug-likeness (QED) is 0.686. The van der Waals surface area contributed by atoms with Crippen molar-refractivity contribution in [1.29, 1.82) is 0 Å². The number of aryl methyl sites for hydroxylation is 2. The third-order valence-corrected chi connectivity index (χ3v) is 4.74. The largest absolute Gasteiger partial charge is 0.308 e. The first-order valence-corrected chi connectivity index (χ1v) is 8.67. The number of aromatic nitrogens is 1. The van der Waals surface area contributed by atoms with Gasteiger partial charge in [0, 0.05) is 17.8 Å². The molecule has 2 aromatic carbocycles. The Hall–Kier alpha value is -2.94. The molecule has 2 heterocycles. The van der Waals surface area contributed by atoms with Crippen LogP contribution in [0.25, 0.3) is 11.3 Å². The SMILES string of the molecule is Cc1nc(-c2ccccc2)ccc1C(=O)N1CCCc2ccccc21. The normalized spacial score (nSPS) is 13.4. The summed E-state index contributed by atoms with van der Waals surface area (Å²) in [7, 11) is 0. The van der Waals surface area contributed by atoms with E-state index in [0.717, 1.165) is 42.0 Å². The molecule has 124 valence electrons. The Morgan fingerprint density at radius 3 is 2.52 bits per heavy atom. The fraction of sp³-hybridized carbons (Fsp3) is 0.182. The Kier molecular flexibility index (Phi) is 4.06. The lowest BCUT2D eigenvalue weighted by Gasteiger charge is -2.29. The number of hydrogen-bond acceptors (Lipinski definition) is 2. The maximum Gasteiger partial charge on any atom is 0.260 e. The summed E-state index contributed by atoms with van der Waals surface area (Å²) in [5.41, 5.74) is 5.69. The molecule has 4 rings (SSSR count). The molecule has 0 bridgehead atoms. The second-order valence-electron chi connectivity index (χ2n) is 6.38. The summed E-state index contributed by atoms with van der Waals surface area (Å²) in [6.07, 6.45) is 2.03. The van der Waals surface area contributed by atoms with Crippen molar-refractivity contribution in [3.63, 3.8) is 0 Å². The van der Waals surface area contributed by atoms with Gasteiger partial charge in [-0.1, -0.05) is 48.5 Å². The highest BCUT2D eigenvalue weighted by Crippen LogP contribution is 2.29. The molecule has 0 aliphatic carbocycles. The fourth-order valence-electron chi connectivity index (χ4n) is 3.45. The minimum atomic E-state index is 0.0387. The number of pyridine rings is 1. The van der Waals surface area contributed by atoms with Gasteiger partial charge in [-0.05, 0) is 43.5 Å². The second-order valence-corrected chi connectivity index (χ2v) is 6.38. The zero-order valence-corrected chi connectivity index (χ0v) is 14.3. The summed E-state index contributed by atoms with van der Waals surface area (Å²) in [5, 5.41) is 0. The standard InChI is InChI=1S/C22H20N2O/c1-16-19(13-14-20(23-16)17-8-3-2-4-9-17)22(25)24-15-7-11-18-10-5-6-12-21(18)24/h2-6,8-10,12-14H,7,11,15H2,1H3. The van der Waals surface area contributed by atoms with Crippen molar-refractivity contribution in [2.24, 2.45) is 0 Å². The van der Waals surface area contributed by atoms with Crippen LogP contribution in [-0.2, 0) is 6.42 Å². The number of anilines is 1. The summed E-state index contributed by atoms with van der Waals surface area (Å²) >= 11 is 0. The smallest absolute Gasteiger partial charge is 0.260 e. The van der Waals surface area contributed by atoms with E-state index in [9.17, 15) is 4.79 Å². The molecule has 0 saturated carbocycles. The summed E-state index contributed by atoms with van der Waals surface area (Å²) in [6, 6.07) is 22.1. The molecule has 0 N–H and O–H groups in total. The van der Waals surface area contributed by atoms with Gasteiger partial charge >= 0.3 is 0 Å². The zero-order chi connectivity index (χ0) is 17.2. The van der Waals surface area contributed by atoms with E-state index >= 15 is 0 Å². The van der Waals surface area contributed by atoms with Gasteiger partial charge in [-0.25, -0.2) is 0 Å². The average molecular weight is 328 g/mol. The van der Waals surface area contributed by atoms with Gasteiger partial charge in [-0.2, -0.15) is 0 Å². The van der Waals surface area contributed by atoms with Crippen LogP contribution in [0.2, 0.25) is 0 Å². The Labute approximate surface area is 148 Å². The van der Waals surface area contributed by atoms with E-state index in [2.05, 4.69) is 11.1 Å². The van der Waals surface area contributed by atoms with Crippen LogP contribution in [-0.4, -0.2) is 17.4 Å². The first kappa shape index (κ1) is 15.6. The van der Waals surface area contributed by atoms with Gasteiger partial charge in [0.1, 0.15) is 0 Å². The molecule has 3 nitrogen and oxygen atoms in total. The van der Waals surface area contributed by atoms with Gasteiger partial charge in [0.05, 0.1) is 17.0 Å². The summed E-state index contributed by atoms with van der Waals surface area (Å²) < 4.78 is 0. The Bertz CT molecular complexity index is 918. The third kappa shape index (κ3) is 2.93. The molecule has 1 amide bonds. The lowest BCUT2D eigenvalue weighted by Crippen LogP contribution is -2.36. The second kappa shape index (κ2) is 6.52. The van der Waals surface area contributed by atoms with Crippen LogP contribution in [0.5, 0.6) is 0 Å². The number of amides is 1. The number of carbonyl (C=O) groups is 1. The monoisotopic (exact) mass is 328 g/mol. The Morgan fingerprint density at radius 2 is 1.72 bits per heavy atom. The van der Waals surface area contributed by atoms with Gasteiger partial charge < -0.3 is 4.90 Å². The van der Waals surface area contributed by atoms with Crippen molar-refractivity contribution in [2.75, 3.05) is 11.4 Å². The van der Waals surface area contributed by atoms with Crippen LogP contribution in [0.15, 0.2) is 66.7 Å². The van der Waals surface area contributed by atoms with Gasteiger partial charge in [-0.15, -0.1) is 0 Å². The number of hydrogen-bond donors (Lipinski definition) is 0. The lowest BCUT2D eigenvalue weighted by atomic mass is 10.0. The summed E-state index contributed by atoms with van der Waals surface area (Å²) in [5.74, 6) is 0.0387. The number of benzene rings is 2. The minimum absolute atomic E-state index is 0.0387. The molecule has 0 radical (unpaired) electrons.